The molecular weight excluding hydrogens is 653 g/mol. The molecule has 0 fully saturated rings. The van der Waals surface area contributed by atoms with Crippen LogP contribution >= 0.6 is 0 Å². The van der Waals surface area contributed by atoms with E-state index in [1.807, 2.05) is 0 Å². The third kappa shape index (κ3) is 355. The number of hydrogen-bond acceptors (Lipinski definition) is 9. The Morgan fingerprint density at radius 2 is 0.571 bits per heavy atom. The van der Waals surface area contributed by atoms with Gasteiger partial charge in [0.15, 0.2) is 0 Å². The van der Waals surface area contributed by atoms with Gasteiger partial charge in [0, 0.05) is 0 Å². The summed E-state index contributed by atoms with van der Waals surface area (Å²) in [6.07, 6.45) is 0. The van der Waals surface area contributed by atoms with E-state index in [1.54, 1.807) is 0 Å². The van der Waals surface area contributed by atoms with E-state index in [9.17, 15) is 0 Å². The second kappa shape index (κ2) is 24.9. The van der Waals surface area contributed by atoms with Crippen LogP contribution < -0.4 is 40.4 Å². The minimum absolute atomic E-state index is 0. The summed E-state index contributed by atoms with van der Waals surface area (Å²) < 4.78 is 77.4. The van der Waals surface area contributed by atoms with E-state index in [4.69, 9.17) is 30.3 Å². The minimum Gasteiger partial charge on any atom is 2.00 e. The van der Waals surface area contributed by atoms with E-state index in [0.29, 0.717) is 0 Å². The molecule has 14 heavy (non-hydrogen) atoms. The van der Waals surface area contributed by atoms with Crippen LogP contribution in [-0.4, -0.2) is 27.3 Å². The Balaban J connectivity index is -0.0000000270. The molecule has 0 amide bonds. The van der Waals surface area contributed by atoms with Crippen LogP contribution in [0.25, 0.3) is 0 Å². The Hall–Kier alpha value is 2.82. The topological polar surface area (TPSA) is 172 Å². The molecular formula is NaNb3O9Pb. The van der Waals surface area contributed by atoms with Gasteiger partial charge in [0.25, 0.3) is 0 Å². The fraction of sp³-hybridized carbons (Fsp3) is 0. The SMILES string of the molecule is [Na+].[O]=[Nb](=[O])[O-].[O]=[Nb](=[O])[O-].[O]=[Nb](=[O])[O-].[Pb+2]. The number of hydrogen-bond donors (Lipinski definition) is 0. The predicted octanol–water partition coefficient (Wildman–Crippen LogP) is -7.66. The zero-order valence-electron chi connectivity index (χ0n) is 6.52. The zero-order chi connectivity index (χ0) is 10.7. The maximum Gasteiger partial charge on any atom is 2.00 e. The van der Waals surface area contributed by atoms with Crippen LogP contribution in [0.5, 0.6) is 0 Å². The van der Waals surface area contributed by atoms with Gasteiger partial charge in [-0.2, -0.15) is 0 Å². The second-order valence-corrected chi connectivity index (χ2v) is 3.97. The Morgan fingerprint density at radius 3 is 0.571 bits per heavy atom. The molecule has 74 valence electrons. The van der Waals surface area contributed by atoms with Crippen LogP contribution in [0.3, 0.4) is 0 Å². The van der Waals surface area contributed by atoms with Gasteiger partial charge in [-0.3, -0.25) is 0 Å². The van der Waals surface area contributed by atoms with Crippen molar-refractivity contribution in [2.24, 2.45) is 0 Å². The molecule has 0 atom stereocenters. The van der Waals surface area contributed by atoms with E-state index in [-0.39, 0.29) is 56.9 Å². The van der Waals surface area contributed by atoms with Crippen LogP contribution in [0.4, 0.5) is 0 Å². The first-order valence-corrected chi connectivity index (χ1v) is 9.72. The molecule has 14 heteroatoms. The molecule has 0 spiro atoms. The van der Waals surface area contributed by atoms with Crippen molar-refractivity contribution in [3.63, 3.8) is 0 Å². The summed E-state index contributed by atoms with van der Waals surface area (Å²) in [7, 11) is 0. The molecule has 0 rings (SSSR count). The van der Waals surface area contributed by atoms with E-state index < -0.39 is 56.4 Å². The van der Waals surface area contributed by atoms with Gasteiger partial charge in [0.05, 0.1) is 0 Å². The van der Waals surface area contributed by atoms with Crippen LogP contribution in [0.1, 0.15) is 0 Å². The van der Waals surface area contributed by atoms with Gasteiger partial charge in [-0.25, -0.2) is 0 Å². The summed E-state index contributed by atoms with van der Waals surface area (Å²) in [5.74, 6) is 0. The molecule has 9 nitrogen and oxygen atoms in total. The molecule has 2 radical (unpaired) electrons. The largest absolute Gasteiger partial charge is 2.00 e. The predicted molar refractivity (Wildman–Crippen MR) is 9.87 cm³/mol. The molecule has 0 aliphatic carbocycles. The zero-order valence-corrected chi connectivity index (χ0v) is 19.0. The summed E-state index contributed by atoms with van der Waals surface area (Å²) >= 11 is -12.6. The molecule has 0 aliphatic rings. The van der Waals surface area contributed by atoms with Gasteiger partial charge in [0.1, 0.15) is 0 Å². The first-order chi connectivity index (χ1) is 5.20. The maximum atomic E-state index is 8.60. The molecule has 0 aromatic rings. The van der Waals surface area contributed by atoms with Crippen molar-refractivity contribution >= 4 is 27.3 Å². The minimum atomic E-state index is -4.20. The normalized spacial score (nSPS) is 5.36. The third-order valence-corrected chi connectivity index (χ3v) is 0. The van der Waals surface area contributed by atoms with Crippen molar-refractivity contribution in [3.05, 3.63) is 0 Å². The fourth-order valence-electron chi connectivity index (χ4n) is 0. The summed E-state index contributed by atoms with van der Waals surface area (Å²) in [6, 6.07) is 0. The van der Waals surface area contributed by atoms with Crippen molar-refractivity contribution in [1.82, 2.24) is 0 Å². The van der Waals surface area contributed by atoms with E-state index in [0.717, 1.165) is 0 Å². The molecule has 0 unspecified atom stereocenters. The molecule has 0 aromatic carbocycles. The van der Waals surface area contributed by atoms with Crippen molar-refractivity contribution in [1.29, 1.82) is 0 Å². The first kappa shape index (κ1) is 30.1. The fourth-order valence-corrected chi connectivity index (χ4v) is 0. The second-order valence-electron chi connectivity index (χ2n) is 0.671. The third-order valence-electron chi connectivity index (χ3n) is 0. The molecule has 0 bridgehead atoms. The Labute approximate surface area is 141 Å². The van der Waals surface area contributed by atoms with Crippen LogP contribution in [0, 0.1) is 0 Å². The molecule has 0 aromatic heterocycles. The van der Waals surface area contributed by atoms with Gasteiger partial charge >= 0.3 is 144 Å². The van der Waals surface area contributed by atoms with Crippen molar-refractivity contribution in [2.45, 2.75) is 0 Å². The van der Waals surface area contributed by atoms with Crippen molar-refractivity contribution < 1.29 is 116 Å². The summed E-state index contributed by atoms with van der Waals surface area (Å²) in [5, 5.41) is 0. The summed E-state index contributed by atoms with van der Waals surface area (Å²) in [6.45, 7) is 0. The smallest absolute Gasteiger partial charge is 2.00 e. The van der Waals surface area contributed by atoms with Gasteiger partial charge in [-0.15, -0.1) is 0 Å². The first-order valence-electron chi connectivity index (χ1n) is 1.64. The number of rotatable bonds is 0. The molecule has 0 aliphatic heterocycles. The van der Waals surface area contributed by atoms with Crippen LogP contribution in [0.2, 0.25) is 0 Å². The van der Waals surface area contributed by atoms with E-state index in [2.05, 4.69) is 0 Å². The average Bonchev–Trinajstić information content (AvgIpc) is 1.54. The van der Waals surface area contributed by atoms with Crippen molar-refractivity contribution in [3.8, 4) is 0 Å². The van der Waals surface area contributed by atoms with E-state index in [1.165, 1.54) is 0 Å². The van der Waals surface area contributed by atoms with Crippen LogP contribution in [-0.2, 0) is 75.9 Å². The average molecular weight is 653 g/mol. The standard InChI is InChI=1S/Na.3Nb.9O.Pb/q+1;;;;;;;;;;3*-1;+2. The Morgan fingerprint density at radius 1 is 0.571 bits per heavy atom. The monoisotopic (exact) mass is 654 g/mol. The Bertz CT molecular complexity index is 213. The molecule has 0 saturated heterocycles. The van der Waals surface area contributed by atoms with Crippen molar-refractivity contribution in [2.75, 3.05) is 0 Å². The van der Waals surface area contributed by atoms with E-state index >= 15 is 0 Å². The molecule has 0 N–H and O–H groups in total. The molecule has 0 heterocycles. The maximum absolute atomic E-state index is 8.60. The Kier molecular flexibility index (Phi) is 53.5. The summed E-state index contributed by atoms with van der Waals surface area (Å²) in [4.78, 5) is 0. The van der Waals surface area contributed by atoms with Gasteiger partial charge < -0.3 is 0 Å². The summed E-state index contributed by atoms with van der Waals surface area (Å²) in [5.41, 5.74) is 0. The molecule has 0 saturated carbocycles. The van der Waals surface area contributed by atoms with Gasteiger partial charge in [0.2, 0.25) is 0 Å². The quantitative estimate of drug-likeness (QED) is 0.231. The van der Waals surface area contributed by atoms with Crippen LogP contribution in [0.15, 0.2) is 0 Å². The van der Waals surface area contributed by atoms with Gasteiger partial charge in [-0.1, -0.05) is 0 Å². The van der Waals surface area contributed by atoms with Gasteiger partial charge in [-0.05, 0) is 0 Å².